The van der Waals surface area contributed by atoms with E-state index in [4.69, 9.17) is 23.2 Å². The molecule has 0 bridgehead atoms. The third-order valence-corrected chi connectivity index (χ3v) is 7.10. The third-order valence-electron chi connectivity index (χ3n) is 4.84. The van der Waals surface area contributed by atoms with E-state index in [1.165, 1.54) is 6.26 Å². The van der Waals surface area contributed by atoms with Crippen molar-refractivity contribution in [2.24, 2.45) is 0 Å². The zero-order valence-electron chi connectivity index (χ0n) is 14.0. The molecule has 3 aromatic rings. The van der Waals surface area contributed by atoms with E-state index < -0.39 is 15.1 Å². The topological polar surface area (TPSA) is 59.9 Å². The number of allylic oxidation sites excluding steroid dienone is 2. The van der Waals surface area contributed by atoms with Crippen LogP contribution in [0.15, 0.2) is 42.6 Å². The van der Waals surface area contributed by atoms with Gasteiger partial charge in [-0.2, -0.15) is 0 Å². The Morgan fingerprint density at radius 1 is 1.15 bits per heavy atom. The summed E-state index contributed by atoms with van der Waals surface area (Å²) in [6.07, 6.45) is 8.19. The first-order chi connectivity index (χ1) is 12.4. The normalized spacial score (nSPS) is 20.7. The lowest BCUT2D eigenvalue weighted by atomic mass is 9.90. The van der Waals surface area contributed by atoms with Crippen LogP contribution >= 0.6 is 23.2 Å². The molecular formula is C19H16Cl2N2O2S. The van der Waals surface area contributed by atoms with E-state index in [9.17, 15) is 8.42 Å². The smallest absolute Gasteiger partial charge is 0.151 e. The van der Waals surface area contributed by atoms with Crippen molar-refractivity contribution in [1.82, 2.24) is 9.97 Å². The number of nitrogens with zero attached hydrogens (tertiary/aromatic N) is 2. The molecule has 1 aromatic carbocycles. The van der Waals surface area contributed by atoms with Gasteiger partial charge in [-0.05, 0) is 37.1 Å². The Hall–Kier alpha value is -1.69. The van der Waals surface area contributed by atoms with E-state index in [0.717, 1.165) is 11.8 Å². The van der Waals surface area contributed by atoms with E-state index in [0.29, 0.717) is 38.6 Å². The molecule has 4 rings (SSSR count). The van der Waals surface area contributed by atoms with Crippen LogP contribution in [0.5, 0.6) is 0 Å². The Morgan fingerprint density at radius 2 is 1.96 bits per heavy atom. The second-order valence-corrected chi connectivity index (χ2v) is 9.66. The van der Waals surface area contributed by atoms with E-state index >= 15 is 0 Å². The second-order valence-electron chi connectivity index (χ2n) is 6.58. The van der Waals surface area contributed by atoms with Crippen LogP contribution in [0.1, 0.15) is 24.5 Å². The zero-order chi connectivity index (χ0) is 18.5. The number of sulfone groups is 1. The lowest BCUT2D eigenvalue weighted by Gasteiger charge is -2.26. The zero-order valence-corrected chi connectivity index (χ0v) is 16.3. The molecule has 1 aliphatic carbocycles. The van der Waals surface area contributed by atoms with E-state index in [2.05, 4.69) is 9.97 Å². The number of hydrogen-bond acceptors (Lipinski definition) is 4. The van der Waals surface area contributed by atoms with Crippen LogP contribution in [0.2, 0.25) is 10.0 Å². The summed E-state index contributed by atoms with van der Waals surface area (Å²) in [4.78, 5) is 9.17. The molecule has 2 heterocycles. The first-order valence-corrected chi connectivity index (χ1v) is 11.0. The highest BCUT2D eigenvalue weighted by atomic mass is 35.5. The number of pyridine rings is 2. The SMILES string of the molecule is CS(=O)(=O)C1CCC=CC1c1nccc2nc3cc(Cl)ccc3c(Cl)c12. The fourth-order valence-electron chi connectivity index (χ4n) is 3.64. The maximum Gasteiger partial charge on any atom is 0.151 e. The predicted molar refractivity (Wildman–Crippen MR) is 107 cm³/mol. The molecule has 2 aromatic heterocycles. The molecule has 1 aliphatic rings. The van der Waals surface area contributed by atoms with Crippen LogP contribution in [0.25, 0.3) is 21.8 Å². The van der Waals surface area contributed by atoms with Crippen LogP contribution < -0.4 is 0 Å². The van der Waals surface area contributed by atoms with Gasteiger partial charge in [-0.1, -0.05) is 35.4 Å². The molecule has 7 heteroatoms. The minimum Gasteiger partial charge on any atom is -0.260 e. The average molecular weight is 407 g/mol. The van der Waals surface area contributed by atoms with E-state index in [1.807, 2.05) is 18.2 Å². The highest BCUT2D eigenvalue weighted by molar-refractivity contribution is 7.91. The van der Waals surface area contributed by atoms with Gasteiger partial charge in [0.15, 0.2) is 9.84 Å². The Kier molecular flexibility index (Phi) is 4.41. The Bertz CT molecular complexity index is 1160. The fourth-order valence-corrected chi connectivity index (χ4v) is 5.48. The number of benzene rings is 1. The standard InChI is InChI=1S/C19H16Cl2N2O2S/c1-26(24,25)16-5-3-2-4-13(16)19-17-14(8-9-22-19)23-15-10-11(20)6-7-12(15)18(17)21/h2,4,6-10,13,16H,3,5H2,1H3. The second kappa shape index (κ2) is 6.48. The quantitative estimate of drug-likeness (QED) is 0.446. The first kappa shape index (κ1) is 17.7. The third kappa shape index (κ3) is 2.98. The van der Waals surface area contributed by atoms with Gasteiger partial charge in [0, 0.05) is 34.2 Å². The Balaban J connectivity index is 2.03. The van der Waals surface area contributed by atoms with E-state index in [-0.39, 0.29) is 5.92 Å². The number of halogens is 2. The molecule has 0 saturated carbocycles. The van der Waals surface area contributed by atoms with Gasteiger partial charge in [0.25, 0.3) is 0 Å². The summed E-state index contributed by atoms with van der Waals surface area (Å²) < 4.78 is 24.6. The monoisotopic (exact) mass is 406 g/mol. The molecule has 0 fully saturated rings. The minimum absolute atomic E-state index is 0.341. The highest BCUT2D eigenvalue weighted by Gasteiger charge is 2.33. The predicted octanol–water partition coefficient (Wildman–Crippen LogP) is 4.94. The molecule has 134 valence electrons. The lowest BCUT2D eigenvalue weighted by molar-refractivity contribution is 0.555. The summed E-state index contributed by atoms with van der Waals surface area (Å²) in [5.41, 5.74) is 2.04. The Morgan fingerprint density at radius 3 is 2.73 bits per heavy atom. The summed E-state index contributed by atoms with van der Waals surface area (Å²) in [7, 11) is -3.22. The minimum atomic E-state index is -3.22. The van der Waals surface area contributed by atoms with Crippen LogP contribution in [0, 0.1) is 0 Å². The van der Waals surface area contributed by atoms with Crippen LogP contribution in [0.3, 0.4) is 0 Å². The van der Waals surface area contributed by atoms with Crippen molar-refractivity contribution in [3.63, 3.8) is 0 Å². The molecule has 0 radical (unpaired) electrons. The number of fused-ring (bicyclic) bond motifs is 2. The van der Waals surface area contributed by atoms with Gasteiger partial charge >= 0.3 is 0 Å². The molecular weight excluding hydrogens is 391 g/mol. The summed E-state index contributed by atoms with van der Waals surface area (Å²) >= 11 is 12.8. The van der Waals surface area contributed by atoms with E-state index in [1.54, 1.807) is 24.4 Å². The van der Waals surface area contributed by atoms with Crippen LogP contribution in [-0.4, -0.2) is 29.9 Å². The molecule has 0 aliphatic heterocycles. The van der Waals surface area contributed by atoms with Gasteiger partial charge in [-0.15, -0.1) is 0 Å². The first-order valence-electron chi connectivity index (χ1n) is 8.25. The molecule has 2 atom stereocenters. The number of hydrogen-bond donors (Lipinski definition) is 0. The van der Waals surface area contributed by atoms with Gasteiger partial charge in [-0.25, -0.2) is 13.4 Å². The van der Waals surface area contributed by atoms with Gasteiger partial charge in [0.2, 0.25) is 0 Å². The summed E-state index contributed by atoms with van der Waals surface area (Å²) in [6, 6.07) is 7.14. The summed E-state index contributed by atoms with van der Waals surface area (Å²) in [5.74, 6) is -0.341. The maximum absolute atomic E-state index is 12.3. The maximum atomic E-state index is 12.3. The van der Waals surface area contributed by atoms with Gasteiger partial charge in [-0.3, -0.25) is 4.98 Å². The lowest BCUT2D eigenvalue weighted by Crippen LogP contribution is -2.29. The molecule has 2 unspecified atom stereocenters. The molecule has 0 spiro atoms. The highest BCUT2D eigenvalue weighted by Crippen LogP contribution is 2.39. The van der Waals surface area contributed by atoms with Gasteiger partial charge in [0.1, 0.15) is 0 Å². The molecule has 0 N–H and O–H groups in total. The summed E-state index contributed by atoms with van der Waals surface area (Å²) in [5, 5.41) is 2.07. The molecule has 0 saturated heterocycles. The largest absolute Gasteiger partial charge is 0.260 e. The van der Waals surface area contributed by atoms with Crippen molar-refractivity contribution in [3.05, 3.63) is 58.4 Å². The van der Waals surface area contributed by atoms with Crippen molar-refractivity contribution in [3.8, 4) is 0 Å². The number of rotatable bonds is 2. The molecule has 26 heavy (non-hydrogen) atoms. The average Bonchev–Trinajstić information content (AvgIpc) is 2.60. The molecule has 0 amide bonds. The van der Waals surface area contributed by atoms with Crippen molar-refractivity contribution in [1.29, 1.82) is 0 Å². The summed E-state index contributed by atoms with van der Waals surface area (Å²) in [6.45, 7) is 0. The Labute approximate surface area is 161 Å². The van der Waals surface area contributed by atoms with Crippen molar-refractivity contribution < 1.29 is 8.42 Å². The van der Waals surface area contributed by atoms with Crippen LogP contribution in [0.4, 0.5) is 0 Å². The van der Waals surface area contributed by atoms with Crippen molar-refractivity contribution in [2.75, 3.05) is 6.26 Å². The number of aromatic nitrogens is 2. The fraction of sp³-hybridized carbons (Fsp3) is 0.263. The molecule has 4 nitrogen and oxygen atoms in total. The van der Waals surface area contributed by atoms with Gasteiger partial charge in [0.05, 0.1) is 27.0 Å². The van der Waals surface area contributed by atoms with Crippen LogP contribution in [-0.2, 0) is 9.84 Å². The van der Waals surface area contributed by atoms with Gasteiger partial charge < -0.3 is 0 Å². The van der Waals surface area contributed by atoms with Crippen molar-refractivity contribution >= 4 is 54.8 Å². The van der Waals surface area contributed by atoms with Crippen molar-refractivity contribution in [2.45, 2.75) is 24.0 Å².